The molecule has 5 heteroatoms. The summed E-state index contributed by atoms with van der Waals surface area (Å²) in [5.41, 5.74) is 0. The van der Waals surface area contributed by atoms with Gasteiger partial charge in [-0.05, 0) is 13.0 Å². The summed E-state index contributed by atoms with van der Waals surface area (Å²) in [7, 11) is 0. The summed E-state index contributed by atoms with van der Waals surface area (Å²) in [5.74, 6) is -1.07. The van der Waals surface area contributed by atoms with Gasteiger partial charge in [-0.3, -0.25) is 14.5 Å². The molecule has 0 aromatic carbocycles. The van der Waals surface area contributed by atoms with Gasteiger partial charge in [-0.2, -0.15) is 0 Å². The van der Waals surface area contributed by atoms with Gasteiger partial charge >= 0.3 is 5.97 Å². The first-order valence-electron chi connectivity index (χ1n) is 5.38. The molecule has 1 aliphatic heterocycles. The first kappa shape index (κ1) is 12.0. The van der Waals surface area contributed by atoms with Crippen LogP contribution in [-0.2, 0) is 9.59 Å². The second kappa shape index (κ2) is 5.70. The van der Waals surface area contributed by atoms with Crippen molar-refractivity contribution >= 4 is 11.9 Å². The Labute approximate surface area is 89.4 Å². The third-order valence-corrected chi connectivity index (χ3v) is 2.61. The molecule has 2 N–H and O–H groups in total. The number of carbonyl (C=O) groups is 2. The molecule has 0 bridgehead atoms. The number of rotatable bonds is 5. The summed E-state index contributed by atoms with van der Waals surface area (Å²) in [5, 5.41) is 11.4. The van der Waals surface area contributed by atoms with Gasteiger partial charge in [0.25, 0.3) is 0 Å². The van der Waals surface area contributed by atoms with Gasteiger partial charge in [0.15, 0.2) is 0 Å². The number of nitrogens with zero attached hydrogens (tertiary/aromatic N) is 1. The number of piperazine rings is 1. The predicted octanol–water partition coefficient (Wildman–Crippen LogP) is 0.0616. The SMILES string of the molecule is CCCCN1CCNC(=O)C1CC(=O)O. The van der Waals surface area contributed by atoms with Crippen molar-refractivity contribution in [2.45, 2.75) is 32.2 Å². The Bertz CT molecular complexity index is 243. The average Bonchev–Trinajstić information content (AvgIpc) is 2.18. The molecule has 0 spiro atoms. The third-order valence-electron chi connectivity index (χ3n) is 2.61. The number of nitrogens with one attached hydrogen (secondary N) is 1. The Morgan fingerprint density at radius 3 is 3.00 bits per heavy atom. The molecule has 1 aliphatic rings. The van der Waals surface area contributed by atoms with Crippen molar-refractivity contribution in [2.75, 3.05) is 19.6 Å². The van der Waals surface area contributed by atoms with Gasteiger partial charge in [-0.25, -0.2) is 0 Å². The second-order valence-corrected chi connectivity index (χ2v) is 3.79. The van der Waals surface area contributed by atoms with Crippen molar-refractivity contribution in [1.29, 1.82) is 0 Å². The first-order chi connectivity index (χ1) is 7.15. The number of hydrogen-bond donors (Lipinski definition) is 2. The van der Waals surface area contributed by atoms with Crippen LogP contribution in [0.25, 0.3) is 0 Å². The lowest BCUT2D eigenvalue weighted by molar-refractivity contribution is -0.143. The number of aliphatic carboxylic acids is 1. The highest BCUT2D eigenvalue weighted by Crippen LogP contribution is 2.10. The van der Waals surface area contributed by atoms with Crippen LogP contribution >= 0.6 is 0 Å². The molecule has 1 rings (SSSR count). The minimum absolute atomic E-state index is 0.102. The van der Waals surface area contributed by atoms with E-state index in [2.05, 4.69) is 12.2 Å². The zero-order chi connectivity index (χ0) is 11.3. The molecule has 0 aromatic heterocycles. The molecule has 0 aliphatic carbocycles. The van der Waals surface area contributed by atoms with Crippen molar-refractivity contribution in [1.82, 2.24) is 10.2 Å². The number of hydrogen-bond acceptors (Lipinski definition) is 3. The molecule has 15 heavy (non-hydrogen) atoms. The van der Waals surface area contributed by atoms with Gasteiger partial charge in [0.1, 0.15) is 0 Å². The highest BCUT2D eigenvalue weighted by atomic mass is 16.4. The van der Waals surface area contributed by atoms with E-state index in [0.29, 0.717) is 6.54 Å². The number of amides is 1. The summed E-state index contributed by atoms with van der Waals surface area (Å²) in [6.07, 6.45) is 1.96. The van der Waals surface area contributed by atoms with E-state index in [1.165, 1.54) is 0 Å². The summed E-state index contributed by atoms with van der Waals surface area (Å²) in [6.45, 7) is 4.26. The highest BCUT2D eigenvalue weighted by molar-refractivity contribution is 5.86. The lowest BCUT2D eigenvalue weighted by Crippen LogP contribution is -2.56. The molecular weight excluding hydrogens is 196 g/mol. The van der Waals surface area contributed by atoms with Gasteiger partial charge in [0.2, 0.25) is 5.91 Å². The molecule has 1 heterocycles. The molecule has 86 valence electrons. The molecule has 1 amide bonds. The molecule has 1 fully saturated rings. The van der Waals surface area contributed by atoms with Crippen molar-refractivity contribution in [3.8, 4) is 0 Å². The van der Waals surface area contributed by atoms with Crippen LogP contribution in [0.2, 0.25) is 0 Å². The van der Waals surface area contributed by atoms with Crippen molar-refractivity contribution in [3.63, 3.8) is 0 Å². The maximum absolute atomic E-state index is 11.5. The highest BCUT2D eigenvalue weighted by Gasteiger charge is 2.30. The summed E-state index contributed by atoms with van der Waals surface area (Å²) >= 11 is 0. The zero-order valence-electron chi connectivity index (χ0n) is 9.03. The van der Waals surface area contributed by atoms with E-state index in [1.807, 2.05) is 4.90 Å². The molecule has 0 radical (unpaired) electrons. The molecule has 0 aromatic rings. The number of carbonyl (C=O) groups excluding carboxylic acids is 1. The quantitative estimate of drug-likeness (QED) is 0.679. The minimum atomic E-state index is -0.918. The maximum Gasteiger partial charge on any atom is 0.305 e. The predicted molar refractivity (Wildman–Crippen MR) is 55.5 cm³/mol. The molecule has 1 saturated heterocycles. The van der Waals surface area contributed by atoms with E-state index in [-0.39, 0.29) is 12.3 Å². The van der Waals surface area contributed by atoms with Crippen LogP contribution in [0.1, 0.15) is 26.2 Å². The third kappa shape index (κ3) is 3.51. The van der Waals surface area contributed by atoms with Crippen molar-refractivity contribution in [3.05, 3.63) is 0 Å². The maximum atomic E-state index is 11.5. The van der Waals surface area contributed by atoms with Gasteiger partial charge in [-0.15, -0.1) is 0 Å². The van der Waals surface area contributed by atoms with Crippen LogP contribution in [-0.4, -0.2) is 47.6 Å². The molecular formula is C10H18N2O3. The van der Waals surface area contributed by atoms with Crippen LogP contribution in [0.15, 0.2) is 0 Å². The van der Waals surface area contributed by atoms with Gasteiger partial charge < -0.3 is 10.4 Å². The minimum Gasteiger partial charge on any atom is -0.481 e. The van der Waals surface area contributed by atoms with E-state index in [0.717, 1.165) is 25.9 Å². The molecule has 1 unspecified atom stereocenters. The standard InChI is InChI=1S/C10H18N2O3/c1-2-3-5-12-6-4-11-10(15)8(12)7-9(13)14/h8H,2-7H2,1H3,(H,11,15)(H,13,14). The van der Waals surface area contributed by atoms with Crippen LogP contribution in [0.3, 0.4) is 0 Å². The Morgan fingerprint density at radius 1 is 1.67 bits per heavy atom. The van der Waals surface area contributed by atoms with E-state index >= 15 is 0 Å². The zero-order valence-corrected chi connectivity index (χ0v) is 9.03. The van der Waals surface area contributed by atoms with Crippen molar-refractivity contribution in [2.24, 2.45) is 0 Å². The van der Waals surface area contributed by atoms with Crippen LogP contribution in [0.5, 0.6) is 0 Å². The van der Waals surface area contributed by atoms with E-state index < -0.39 is 12.0 Å². The normalized spacial score (nSPS) is 22.5. The largest absolute Gasteiger partial charge is 0.481 e. The van der Waals surface area contributed by atoms with Crippen LogP contribution in [0.4, 0.5) is 0 Å². The Hall–Kier alpha value is -1.10. The van der Waals surface area contributed by atoms with E-state index in [9.17, 15) is 9.59 Å². The monoisotopic (exact) mass is 214 g/mol. The number of unbranched alkanes of at least 4 members (excludes halogenated alkanes) is 1. The Morgan fingerprint density at radius 2 is 2.40 bits per heavy atom. The van der Waals surface area contributed by atoms with E-state index in [4.69, 9.17) is 5.11 Å². The smallest absolute Gasteiger partial charge is 0.305 e. The topological polar surface area (TPSA) is 69.6 Å². The fourth-order valence-corrected chi connectivity index (χ4v) is 1.78. The Kier molecular flexibility index (Phi) is 4.55. The van der Waals surface area contributed by atoms with Gasteiger partial charge in [0, 0.05) is 13.1 Å². The van der Waals surface area contributed by atoms with Gasteiger partial charge in [-0.1, -0.05) is 13.3 Å². The first-order valence-corrected chi connectivity index (χ1v) is 5.38. The lowest BCUT2D eigenvalue weighted by Gasteiger charge is -2.34. The summed E-state index contributed by atoms with van der Waals surface area (Å²) < 4.78 is 0. The van der Waals surface area contributed by atoms with Crippen LogP contribution < -0.4 is 5.32 Å². The summed E-state index contributed by atoms with van der Waals surface area (Å²) in [6, 6.07) is -0.484. The van der Waals surface area contributed by atoms with Gasteiger partial charge in [0.05, 0.1) is 12.5 Å². The number of carboxylic acid groups (broad SMARTS) is 1. The lowest BCUT2D eigenvalue weighted by atomic mass is 10.1. The molecule has 5 nitrogen and oxygen atoms in total. The van der Waals surface area contributed by atoms with Crippen LogP contribution in [0, 0.1) is 0 Å². The molecule has 0 saturated carbocycles. The van der Waals surface area contributed by atoms with Crippen molar-refractivity contribution < 1.29 is 14.7 Å². The van der Waals surface area contributed by atoms with E-state index in [1.54, 1.807) is 0 Å². The summed E-state index contributed by atoms with van der Waals surface area (Å²) in [4.78, 5) is 24.1. The molecule has 1 atom stereocenters. The fourth-order valence-electron chi connectivity index (χ4n) is 1.78. The fraction of sp³-hybridized carbons (Fsp3) is 0.800. The second-order valence-electron chi connectivity index (χ2n) is 3.79. The average molecular weight is 214 g/mol. The Balaban J connectivity index is 2.55. The number of carboxylic acids is 1.